The zero-order chi connectivity index (χ0) is 18.4. The van der Waals surface area contributed by atoms with Crippen LogP contribution in [0.4, 0.5) is 0 Å². The van der Waals surface area contributed by atoms with Gasteiger partial charge in [0.05, 0.1) is 12.1 Å². The highest BCUT2D eigenvalue weighted by Gasteiger charge is 2.46. The number of rotatable bonds is 4. The molecule has 0 radical (unpaired) electrons. The number of carbonyl (C=O) groups is 1. The van der Waals surface area contributed by atoms with Gasteiger partial charge < -0.3 is 10.1 Å². The third kappa shape index (κ3) is 3.84. The van der Waals surface area contributed by atoms with E-state index in [0.29, 0.717) is 0 Å². The molecule has 128 valence electrons. The molecule has 2 aliphatic heterocycles. The molecule has 5 heteroatoms. The maximum atomic E-state index is 10.8. The van der Waals surface area contributed by atoms with E-state index in [-0.39, 0.29) is 31.0 Å². The van der Waals surface area contributed by atoms with Gasteiger partial charge in [0.1, 0.15) is 0 Å². The Hall–Kier alpha value is -2.77. The minimum atomic E-state index is -1.32. The van der Waals surface area contributed by atoms with Gasteiger partial charge in [0.2, 0.25) is 0 Å². The molecule has 0 aromatic heterocycles. The second-order valence-corrected chi connectivity index (χ2v) is 6.36. The van der Waals surface area contributed by atoms with Gasteiger partial charge >= 0.3 is 5.97 Å². The maximum absolute atomic E-state index is 10.8. The first-order chi connectivity index (χ1) is 12.0. The van der Waals surface area contributed by atoms with Crippen LogP contribution in [0.15, 0.2) is 29.5 Å². The number of esters is 1. The fourth-order valence-electron chi connectivity index (χ4n) is 3.50. The van der Waals surface area contributed by atoms with Gasteiger partial charge in [-0.3, -0.25) is 4.79 Å². The average Bonchev–Trinajstić information content (AvgIpc) is 2.98. The Bertz CT molecular complexity index is 764. The first kappa shape index (κ1) is 18.6. The highest BCUT2D eigenvalue weighted by molar-refractivity contribution is 5.66. The molecule has 2 aliphatic rings. The van der Waals surface area contributed by atoms with Crippen molar-refractivity contribution in [2.24, 2.45) is 11.3 Å². The van der Waals surface area contributed by atoms with Crippen LogP contribution in [0.5, 0.6) is 0 Å². The zero-order valence-electron chi connectivity index (χ0n) is 14.6. The van der Waals surface area contributed by atoms with Crippen molar-refractivity contribution in [3.05, 3.63) is 29.5 Å². The lowest BCUT2D eigenvalue weighted by atomic mass is 9.69. The maximum Gasteiger partial charge on any atom is 0.303 e. The molecule has 1 unspecified atom stereocenters. The van der Waals surface area contributed by atoms with Crippen molar-refractivity contribution in [1.29, 1.82) is 10.5 Å². The number of nitrogens with one attached hydrogen (secondary N) is 1. The normalized spacial score (nSPS) is 23.8. The number of carbonyl (C=O) groups excluding carboxylic acids is 1. The number of hydrogen-bond acceptors (Lipinski definition) is 5. The second-order valence-electron chi connectivity index (χ2n) is 6.36. The van der Waals surface area contributed by atoms with Crippen LogP contribution in [0.2, 0.25) is 0 Å². The highest BCUT2D eigenvalue weighted by Crippen LogP contribution is 2.45. The Morgan fingerprint density at radius 2 is 2.08 bits per heavy atom. The van der Waals surface area contributed by atoms with Gasteiger partial charge in [-0.15, -0.1) is 5.73 Å². The SMILES string of the molecule is C=C=C(C)[C@@H]1C(C(C#N)(C#N)CC#CCOC(C)=O)=CC2CC[C@@H]1N2. The van der Waals surface area contributed by atoms with E-state index in [1.165, 1.54) is 6.92 Å². The Labute approximate surface area is 148 Å². The van der Waals surface area contributed by atoms with Crippen molar-refractivity contribution in [3.8, 4) is 24.0 Å². The summed E-state index contributed by atoms with van der Waals surface area (Å²) in [6.07, 6.45) is 4.06. The van der Waals surface area contributed by atoms with Crippen LogP contribution in [-0.4, -0.2) is 24.7 Å². The third-order valence-corrected chi connectivity index (χ3v) is 4.78. The van der Waals surface area contributed by atoms with Crippen molar-refractivity contribution in [2.75, 3.05) is 6.61 Å². The standard InChI is InChI=1S/C20H21N3O2/c1-4-14(2)19-17(11-16-7-8-18(19)23-16)20(12-21,13-22)9-5-6-10-25-15(3)24/h11,16,18-19,23H,1,7-10H2,2-3H3/t16?,18-,19+/m0/s1. The molecule has 3 atom stereocenters. The summed E-state index contributed by atoms with van der Waals surface area (Å²) in [5, 5.41) is 23.1. The molecule has 2 rings (SSSR count). The summed E-state index contributed by atoms with van der Waals surface area (Å²) in [4.78, 5) is 10.8. The summed E-state index contributed by atoms with van der Waals surface area (Å²) in [7, 11) is 0. The van der Waals surface area contributed by atoms with E-state index in [0.717, 1.165) is 24.0 Å². The number of ether oxygens (including phenoxy) is 1. The first-order valence-electron chi connectivity index (χ1n) is 8.23. The van der Waals surface area contributed by atoms with Gasteiger partial charge in [0.25, 0.3) is 0 Å². The Kier molecular flexibility index (Phi) is 5.84. The lowest BCUT2D eigenvalue weighted by Crippen LogP contribution is -2.44. The lowest BCUT2D eigenvalue weighted by molar-refractivity contribution is -0.139. The molecule has 0 aromatic carbocycles. The molecule has 0 spiro atoms. The van der Waals surface area contributed by atoms with Crippen molar-refractivity contribution in [1.82, 2.24) is 5.32 Å². The zero-order valence-corrected chi connectivity index (χ0v) is 14.6. The summed E-state index contributed by atoms with van der Waals surface area (Å²) >= 11 is 0. The van der Waals surface area contributed by atoms with Gasteiger partial charge in [-0.25, -0.2) is 0 Å². The molecule has 2 bridgehead atoms. The van der Waals surface area contributed by atoms with E-state index in [2.05, 4.69) is 41.6 Å². The van der Waals surface area contributed by atoms with E-state index >= 15 is 0 Å². The fourth-order valence-corrected chi connectivity index (χ4v) is 3.50. The topological polar surface area (TPSA) is 85.9 Å². The minimum Gasteiger partial charge on any atom is -0.453 e. The number of nitrogens with zero attached hydrogens (tertiary/aromatic N) is 2. The number of hydrogen-bond donors (Lipinski definition) is 1. The molecule has 0 aliphatic carbocycles. The molecule has 5 nitrogen and oxygen atoms in total. The van der Waals surface area contributed by atoms with Gasteiger partial charge in [-0.2, -0.15) is 10.5 Å². The molecule has 1 fully saturated rings. The number of fused-ring (bicyclic) bond motifs is 2. The monoisotopic (exact) mass is 335 g/mol. The van der Waals surface area contributed by atoms with Gasteiger partial charge in [0, 0.05) is 31.3 Å². The molecular weight excluding hydrogens is 314 g/mol. The Morgan fingerprint density at radius 3 is 2.68 bits per heavy atom. The molecule has 1 N–H and O–H groups in total. The smallest absolute Gasteiger partial charge is 0.303 e. The molecule has 0 saturated carbocycles. The quantitative estimate of drug-likeness (QED) is 0.369. The van der Waals surface area contributed by atoms with Gasteiger partial charge in [-0.05, 0) is 30.9 Å². The van der Waals surface area contributed by atoms with Crippen LogP contribution in [-0.2, 0) is 9.53 Å². The summed E-state index contributed by atoms with van der Waals surface area (Å²) < 4.78 is 4.76. The van der Waals surface area contributed by atoms with E-state index in [9.17, 15) is 15.3 Å². The lowest BCUT2D eigenvalue weighted by Gasteiger charge is -2.36. The summed E-state index contributed by atoms with van der Waals surface area (Å²) in [6.45, 7) is 6.93. The van der Waals surface area contributed by atoms with Crippen molar-refractivity contribution >= 4 is 5.97 Å². The Morgan fingerprint density at radius 1 is 1.36 bits per heavy atom. The number of nitriles is 2. The van der Waals surface area contributed by atoms with Crippen molar-refractivity contribution in [2.45, 2.75) is 45.2 Å². The van der Waals surface area contributed by atoms with Crippen molar-refractivity contribution in [3.63, 3.8) is 0 Å². The molecule has 0 amide bonds. The van der Waals surface area contributed by atoms with E-state index in [1.54, 1.807) is 0 Å². The molecular formula is C20H21N3O2. The van der Waals surface area contributed by atoms with Crippen molar-refractivity contribution < 1.29 is 9.53 Å². The summed E-state index contributed by atoms with van der Waals surface area (Å²) in [5.74, 6) is 5.04. The fraction of sp³-hybridized carbons (Fsp3) is 0.500. The molecule has 2 heterocycles. The highest BCUT2D eigenvalue weighted by atomic mass is 16.5. The first-order valence-corrected chi connectivity index (χ1v) is 8.23. The van der Waals surface area contributed by atoms with E-state index < -0.39 is 11.4 Å². The van der Waals surface area contributed by atoms with Crippen LogP contribution < -0.4 is 5.32 Å². The molecule has 25 heavy (non-hydrogen) atoms. The summed E-state index contributed by atoms with van der Waals surface area (Å²) in [6, 6.07) is 4.74. The van der Waals surface area contributed by atoms with Crippen LogP contribution in [0, 0.1) is 45.8 Å². The van der Waals surface area contributed by atoms with Gasteiger partial charge in [-0.1, -0.05) is 24.5 Å². The van der Waals surface area contributed by atoms with Crippen LogP contribution in [0.3, 0.4) is 0 Å². The van der Waals surface area contributed by atoms with Crippen LogP contribution in [0.25, 0.3) is 0 Å². The second kappa shape index (κ2) is 7.87. The average molecular weight is 335 g/mol. The third-order valence-electron chi connectivity index (χ3n) is 4.78. The largest absolute Gasteiger partial charge is 0.453 e. The predicted molar refractivity (Wildman–Crippen MR) is 92.5 cm³/mol. The van der Waals surface area contributed by atoms with E-state index in [4.69, 9.17) is 4.74 Å². The molecule has 1 saturated heterocycles. The summed E-state index contributed by atoms with van der Waals surface area (Å²) in [5.41, 5.74) is 3.32. The Balaban J connectivity index is 2.34. The van der Waals surface area contributed by atoms with E-state index in [1.807, 2.05) is 13.0 Å². The van der Waals surface area contributed by atoms with Crippen LogP contribution in [0.1, 0.15) is 33.1 Å². The van der Waals surface area contributed by atoms with Crippen LogP contribution >= 0.6 is 0 Å². The minimum absolute atomic E-state index is 0.0386. The molecule has 0 aromatic rings. The predicted octanol–water partition coefficient (Wildman–Crippen LogP) is 2.38. The van der Waals surface area contributed by atoms with Gasteiger partial charge in [0.15, 0.2) is 12.0 Å².